The summed E-state index contributed by atoms with van der Waals surface area (Å²) in [5, 5.41) is 11.2. The molecule has 152 valence electrons. The van der Waals surface area contributed by atoms with E-state index in [4.69, 9.17) is 0 Å². The molecule has 1 N–H and O–H groups in total. The zero-order valence-corrected chi connectivity index (χ0v) is 18.8. The van der Waals surface area contributed by atoms with Crippen LogP contribution in [0.1, 0.15) is 38.5 Å². The fourth-order valence-electron chi connectivity index (χ4n) is 5.21. The van der Waals surface area contributed by atoms with Crippen molar-refractivity contribution in [2.24, 2.45) is 16.8 Å². The van der Waals surface area contributed by atoms with E-state index in [-0.39, 0.29) is 24.0 Å². The number of unbranched alkanes of at least 4 members (excludes halogenated alkanes) is 1. The molecule has 7 nitrogen and oxygen atoms in total. The molecule has 27 heavy (non-hydrogen) atoms. The highest BCUT2D eigenvalue weighted by atomic mass is 127. The van der Waals surface area contributed by atoms with E-state index >= 15 is 0 Å². The summed E-state index contributed by atoms with van der Waals surface area (Å²) in [6.07, 6.45) is 11.8. The van der Waals surface area contributed by atoms with Gasteiger partial charge < -0.3 is 14.8 Å². The number of aliphatic imine (C=N–C) groups is 1. The first kappa shape index (κ1) is 20.8. The van der Waals surface area contributed by atoms with Crippen LogP contribution < -0.4 is 5.32 Å². The average molecular weight is 487 g/mol. The van der Waals surface area contributed by atoms with Gasteiger partial charge in [-0.1, -0.05) is 6.42 Å². The molecule has 3 fully saturated rings. The van der Waals surface area contributed by atoms with Crippen LogP contribution in [0, 0.1) is 11.8 Å². The molecular weight excluding hydrogens is 453 g/mol. The van der Waals surface area contributed by atoms with Crippen LogP contribution in [0.3, 0.4) is 0 Å². The first-order chi connectivity index (χ1) is 12.8. The lowest BCUT2D eigenvalue weighted by atomic mass is 9.93. The number of rotatable bonds is 6. The fourth-order valence-corrected chi connectivity index (χ4v) is 5.21. The number of piperazine rings is 1. The first-order valence-corrected chi connectivity index (χ1v) is 10.4. The summed E-state index contributed by atoms with van der Waals surface area (Å²) in [5.41, 5.74) is 0. The molecule has 0 aromatic carbocycles. The number of fused-ring (bicyclic) bond motifs is 2. The van der Waals surface area contributed by atoms with Crippen molar-refractivity contribution in [1.82, 2.24) is 29.9 Å². The van der Waals surface area contributed by atoms with Crippen LogP contribution in [0.5, 0.6) is 0 Å². The molecule has 2 bridgehead atoms. The minimum Gasteiger partial charge on any atom is -0.356 e. The van der Waals surface area contributed by atoms with Gasteiger partial charge in [0.25, 0.3) is 0 Å². The topological polar surface area (TPSA) is 61.6 Å². The van der Waals surface area contributed by atoms with Gasteiger partial charge in [0.05, 0.1) is 0 Å². The van der Waals surface area contributed by atoms with Gasteiger partial charge in [-0.25, -0.2) is 0 Å². The molecule has 1 aliphatic heterocycles. The van der Waals surface area contributed by atoms with Crippen molar-refractivity contribution in [2.75, 3.05) is 39.8 Å². The largest absolute Gasteiger partial charge is 0.356 e. The highest BCUT2D eigenvalue weighted by Gasteiger charge is 2.42. The Morgan fingerprint density at radius 1 is 1.07 bits per heavy atom. The molecule has 3 aliphatic rings. The van der Waals surface area contributed by atoms with Gasteiger partial charge in [-0.05, 0) is 43.9 Å². The van der Waals surface area contributed by atoms with Crippen molar-refractivity contribution in [3.8, 4) is 0 Å². The predicted octanol–water partition coefficient (Wildman–Crippen LogP) is 2.06. The fraction of sp³-hybridized carbons (Fsp3) is 0.842. The monoisotopic (exact) mass is 487 g/mol. The van der Waals surface area contributed by atoms with Crippen molar-refractivity contribution in [3.05, 3.63) is 12.7 Å². The second-order valence-corrected chi connectivity index (χ2v) is 8.15. The zero-order valence-electron chi connectivity index (χ0n) is 16.5. The number of nitrogens with one attached hydrogen (secondary N) is 1. The third-order valence-corrected chi connectivity index (χ3v) is 6.59. The van der Waals surface area contributed by atoms with Crippen molar-refractivity contribution >= 4 is 29.9 Å². The molecule has 0 radical (unpaired) electrons. The Bertz CT molecular complexity index is 583. The molecule has 2 saturated carbocycles. The number of halogens is 1. The van der Waals surface area contributed by atoms with Gasteiger partial charge in [-0.2, -0.15) is 0 Å². The number of aromatic nitrogens is 3. The first-order valence-electron chi connectivity index (χ1n) is 10.4. The molecular formula is C19H34IN7. The number of hydrogen-bond donors (Lipinski definition) is 1. The predicted molar refractivity (Wildman–Crippen MR) is 118 cm³/mol. The van der Waals surface area contributed by atoms with E-state index in [9.17, 15) is 0 Å². The average Bonchev–Trinajstić information content (AvgIpc) is 3.43. The summed E-state index contributed by atoms with van der Waals surface area (Å²) in [4.78, 5) is 9.71. The maximum atomic E-state index is 4.51. The molecule has 1 aromatic rings. The number of hydrogen-bond acceptors (Lipinski definition) is 4. The highest BCUT2D eigenvalue weighted by molar-refractivity contribution is 14.0. The van der Waals surface area contributed by atoms with E-state index in [1.807, 2.05) is 11.6 Å². The van der Waals surface area contributed by atoms with Crippen molar-refractivity contribution < 1.29 is 0 Å². The second kappa shape index (κ2) is 10.0. The lowest BCUT2D eigenvalue weighted by Crippen LogP contribution is -2.55. The van der Waals surface area contributed by atoms with Gasteiger partial charge in [0.2, 0.25) is 0 Å². The van der Waals surface area contributed by atoms with Crippen molar-refractivity contribution in [3.63, 3.8) is 0 Å². The van der Waals surface area contributed by atoms with E-state index in [0.717, 1.165) is 62.9 Å². The van der Waals surface area contributed by atoms with Crippen LogP contribution in [-0.2, 0) is 6.54 Å². The summed E-state index contributed by atoms with van der Waals surface area (Å²) in [6, 6.07) is 0.878. The highest BCUT2D eigenvalue weighted by Crippen LogP contribution is 2.46. The molecule has 3 unspecified atom stereocenters. The molecule has 1 saturated heterocycles. The molecule has 3 atom stereocenters. The third kappa shape index (κ3) is 5.13. The molecule has 8 heteroatoms. The minimum absolute atomic E-state index is 0. The second-order valence-electron chi connectivity index (χ2n) is 8.15. The SMILES string of the molecule is CN=C(NCCCCn1cnnc1)N1CCN(C2CC3CCC2C3)CC1.I. The lowest BCUT2D eigenvalue weighted by Gasteiger charge is -2.42. The van der Waals surface area contributed by atoms with Gasteiger partial charge in [-0.3, -0.25) is 9.89 Å². The number of nitrogens with zero attached hydrogens (tertiary/aromatic N) is 6. The van der Waals surface area contributed by atoms with Gasteiger partial charge in [0, 0.05) is 52.4 Å². The zero-order chi connectivity index (χ0) is 17.8. The maximum absolute atomic E-state index is 4.51. The van der Waals surface area contributed by atoms with Crippen LogP contribution in [0.25, 0.3) is 0 Å². The van der Waals surface area contributed by atoms with E-state index in [1.165, 1.54) is 38.8 Å². The molecule has 2 aliphatic carbocycles. The van der Waals surface area contributed by atoms with E-state index < -0.39 is 0 Å². The van der Waals surface area contributed by atoms with Crippen molar-refractivity contribution in [1.29, 1.82) is 0 Å². The third-order valence-electron chi connectivity index (χ3n) is 6.59. The summed E-state index contributed by atoms with van der Waals surface area (Å²) in [6.45, 7) is 6.56. The van der Waals surface area contributed by atoms with Gasteiger partial charge in [0.1, 0.15) is 12.7 Å². The Morgan fingerprint density at radius 2 is 1.85 bits per heavy atom. The summed E-state index contributed by atoms with van der Waals surface area (Å²) in [7, 11) is 1.90. The Hall–Kier alpha value is -0.900. The smallest absolute Gasteiger partial charge is 0.193 e. The van der Waals surface area contributed by atoms with Gasteiger partial charge in [-0.15, -0.1) is 34.2 Å². The van der Waals surface area contributed by atoms with E-state index in [2.05, 4.69) is 30.3 Å². The number of aryl methyl sites for hydroxylation is 1. The molecule has 4 rings (SSSR count). The summed E-state index contributed by atoms with van der Waals surface area (Å²) in [5.74, 6) is 3.10. The molecule has 0 spiro atoms. The normalized spacial score (nSPS) is 28.4. The van der Waals surface area contributed by atoms with E-state index in [0.29, 0.717) is 0 Å². The maximum Gasteiger partial charge on any atom is 0.193 e. The Balaban J connectivity index is 0.00000210. The van der Waals surface area contributed by atoms with Crippen LogP contribution in [0.2, 0.25) is 0 Å². The quantitative estimate of drug-likeness (QED) is 0.288. The Labute approximate surface area is 180 Å². The Morgan fingerprint density at radius 3 is 2.48 bits per heavy atom. The van der Waals surface area contributed by atoms with E-state index in [1.54, 1.807) is 12.7 Å². The Kier molecular flexibility index (Phi) is 7.75. The van der Waals surface area contributed by atoms with Crippen LogP contribution >= 0.6 is 24.0 Å². The molecule has 2 heterocycles. The van der Waals surface area contributed by atoms with Crippen LogP contribution in [-0.4, -0.2) is 76.3 Å². The standard InChI is InChI=1S/C19H33N7.HI/c1-20-19(21-6-2-3-7-24-14-22-23-15-24)26-10-8-25(9-11-26)18-13-16-4-5-17(18)12-16;/h14-18H,2-13H2,1H3,(H,20,21);1H. The van der Waals surface area contributed by atoms with Crippen LogP contribution in [0.15, 0.2) is 17.6 Å². The summed E-state index contributed by atoms with van der Waals surface area (Å²) >= 11 is 0. The molecule has 0 amide bonds. The number of guanidine groups is 1. The van der Waals surface area contributed by atoms with Gasteiger partial charge in [0.15, 0.2) is 5.96 Å². The lowest BCUT2D eigenvalue weighted by molar-refractivity contribution is 0.0958. The van der Waals surface area contributed by atoms with Crippen molar-refractivity contribution in [2.45, 2.75) is 51.1 Å². The van der Waals surface area contributed by atoms with Crippen LogP contribution in [0.4, 0.5) is 0 Å². The minimum atomic E-state index is 0. The molecule has 1 aromatic heterocycles. The summed E-state index contributed by atoms with van der Waals surface area (Å²) < 4.78 is 2.03. The van der Waals surface area contributed by atoms with Gasteiger partial charge >= 0.3 is 0 Å².